The summed E-state index contributed by atoms with van der Waals surface area (Å²) in [5.74, 6) is 0. The van der Waals surface area contributed by atoms with Crippen LogP contribution in [0.5, 0.6) is 0 Å². The number of rotatable bonds is 37. The van der Waals surface area contributed by atoms with Crippen molar-refractivity contribution in [3.05, 3.63) is 0 Å². The molecule has 0 aliphatic carbocycles. The molecule has 1 heteroatoms. The van der Waals surface area contributed by atoms with Crippen LogP contribution in [0.3, 0.4) is 0 Å². The molecule has 0 bridgehead atoms. The Bertz CT molecular complexity index is 368. The van der Waals surface area contributed by atoms with Gasteiger partial charge < -0.3 is 0 Å². The van der Waals surface area contributed by atoms with E-state index in [1.807, 2.05) is 0 Å². The van der Waals surface area contributed by atoms with Crippen LogP contribution in [0.1, 0.15) is 244 Å². The third-order valence-electron chi connectivity index (χ3n) is 9.25. The molecule has 241 valence electrons. The zero-order valence-corrected chi connectivity index (χ0v) is 28.3. The van der Waals surface area contributed by atoms with Crippen LogP contribution in [0.4, 0.5) is 0 Å². The maximum atomic E-state index is 10.4. The average Bonchev–Trinajstić information content (AvgIpc) is 2.97. The molecule has 0 aromatic heterocycles. The van der Waals surface area contributed by atoms with Gasteiger partial charge in [-0.05, 0) is 6.42 Å². The van der Waals surface area contributed by atoms with Crippen LogP contribution < -0.4 is 0 Å². The molecule has 1 nitrogen and oxygen atoms in total. The lowest BCUT2D eigenvalue weighted by atomic mass is 10.0. The number of unbranched alkanes of at least 4 members (excludes halogenated alkanes) is 36. The minimum atomic E-state index is 0.125. The van der Waals surface area contributed by atoms with Gasteiger partial charge >= 0.3 is 0 Å². The molecule has 0 saturated carbocycles. The Balaban J connectivity index is 3.01. The van der Waals surface area contributed by atoms with Crippen molar-refractivity contribution in [1.82, 2.24) is 0 Å². The molecule has 0 aromatic rings. The molecule has 0 aliphatic rings. The lowest BCUT2D eigenvalue weighted by molar-refractivity contribution is 0.186. The van der Waals surface area contributed by atoms with Crippen LogP contribution in [0.25, 0.3) is 0 Å². The normalized spacial score (nSPS) is 11.6. The lowest BCUT2D eigenvalue weighted by Gasteiger charge is -2.05. The minimum Gasteiger partial charge on any atom is -0.237 e. The highest BCUT2D eigenvalue weighted by Crippen LogP contribution is 2.17. The molecular weight excluding hydrogens is 484 g/mol. The first-order valence-electron chi connectivity index (χ1n) is 19.5. The molecule has 0 aliphatic heterocycles. The van der Waals surface area contributed by atoms with Gasteiger partial charge in [0.2, 0.25) is 0 Å². The highest BCUT2D eigenvalue weighted by atomic mass is 16.2. The molecular formula is C39H79O. The first-order chi connectivity index (χ1) is 19.9. The van der Waals surface area contributed by atoms with Crippen molar-refractivity contribution in [2.75, 3.05) is 6.61 Å². The van der Waals surface area contributed by atoms with Crippen LogP contribution >= 0.6 is 0 Å². The number of hydrogen-bond acceptors (Lipinski definition) is 0. The highest BCUT2D eigenvalue weighted by molar-refractivity contribution is 4.53. The third kappa shape index (κ3) is 38.0. The van der Waals surface area contributed by atoms with Crippen LogP contribution in [0.15, 0.2) is 0 Å². The molecule has 0 aromatic carbocycles. The van der Waals surface area contributed by atoms with E-state index in [-0.39, 0.29) is 6.61 Å². The lowest BCUT2D eigenvalue weighted by Crippen LogP contribution is -1.85. The predicted molar refractivity (Wildman–Crippen MR) is 182 cm³/mol. The van der Waals surface area contributed by atoms with Crippen molar-refractivity contribution >= 4 is 0 Å². The molecule has 0 rings (SSSR count). The summed E-state index contributed by atoms with van der Waals surface area (Å²) >= 11 is 0. The molecule has 0 atom stereocenters. The fourth-order valence-corrected chi connectivity index (χ4v) is 6.36. The summed E-state index contributed by atoms with van der Waals surface area (Å²) < 4.78 is 0. The Morgan fingerprint density at radius 2 is 0.325 bits per heavy atom. The van der Waals surface area contributed by atoms with Crippen LogP contribution in [0, 0.1) is 0 Å². The predicted octanol–water partition coefficient (Wildman–Crippen LogP) is 14.9. The fourth-order valence-electron chi connectivity index (χ4n) is 6.36. The molecule has 0 fully saturated rings. The van der Waals surface area contributed by atoms with E-state index in [4.69, 9.17) is 0 Å². The first-order valence-corrected chi connectivity index (χ1v) is 19.5. The van der Waals surface area contributed by atoms with Gasteiger partial charge in [-0.25, -0.2) is 5.11 Å². The maximum absolute atomic E-state index is 10.4. The van der Waals surface area contributed by atoms with Gasteiger partial charge in [-0.1, -0.05) is 238 Å². The van der Waals surface area contributed by atoms with Crippen LogP contribution in [-0.2, 0) is 5.11 Å². The zero-order valence-electron chi connectivity index (χ0n) is 28.3. The quantitative estimate of drug-likeness (QED) is 0.0670. The van der Waals surface area contributed by atoms with Crippen molar-refractivity contribution < 1.29 is 5.11 Å². The zero-order chi connectivity index (χ0) is 28.9. The average molecular weight is 564 g/mol. The first kappa shape index (κ1) is 40.0. The van der Waals surface area contributed by atoms with E-state index in [1.165, 1.54) is 225 Å². The van der Waals surface area contributed by atoms with Gasteiger partial charge in [0, 0.05) is 0 Å². The van der Waals surface area contributed by atoms with E-state index in [2.05, 4.69) is 6.92 Å². The van der Waals surface area contributed by atoms with E-state index in [0.29, 0.717) is 0 Å². The molecule has 40 heavy (non-hydrogen) atoms. The summed E-state index contributed by atoms with van der Waals surface area (Å²) in [4.78, 5) is 0. The number of hydrogen-bond donors (Lipinski definition) is 0. The van der Waals surface area contributed by atoms with E-state index >= 15 is 0 Å². The van der Waals surface area contributed by atoms with Crippen molar-refractivity contribution in [2.24, 2.45) is 0 Å². The van der Waals surface area contributed by atoms with Gasteiger partial charge in [0.15, 0.2) is 0 Å². The summed E-state index contributed by atoms with van der Waals surface area (Å²) in [5, 5.41) is 10.4. The molecule has 0 N–H and O–H groups in total. The highest BCUT2D eigenvalue weighted by Gasteiger charge is 1.97. The van der Waals surface area contributed by atoms with Crippen molar-refractivity contribution in [3.8, 4) is 0 Å². The summed E-state index contributed by atoms with van der Waals surface area (Å²) in [6.45, 7) is 2.43. The minimum absolute atomic E-state index is 0.125. The smallest absolute Gasteiger partial charge is 0.0822 e. The second-order valence-electron chi connectivity index (χ2n) is 13.4. The SMILES string of the molecule is CCCCCCCCCCCCCCCCCCCCCCCCCCCCCCCCCCCCCCC[O]. The molecule has 0 saturated heterocycles. The van der Waals surface area contributed by atoms with Crippen LogP contribution in [0.2, 0.25) is 0 Å². The summed E-state index contributed by atoms with van der Waals surface area (Å²) in [6.07, 6.45) is 53.2. The van der Waals surface area contributed by atoms with Gasteiger partial charge in [-0.2, -0.15) is 0 Å². The van der Waals surface area contributed by atoms with Crippen molar-refractivity contribution in [1.29, 1.82) is 0 Å². The largest absolute Gasteiger partial charge is 0.237 e. The Labute approximate surface area is 255 Å². The Morgan fingerprint density at radius 3 is 0.450 bits per heavy atom. The summed E-state index contributed by atoms with van der Waals surface area (Å²) in [5.41, 5.74) is 0. The van der Waals surface area contributed by atoms with Crippen molar-refractivity contribution in [2.45, 2.75) is 244 Å². The third-order valence-corrected chi connectivity index (χ3v) is 9.25. The maximum Gasteiger partial charge on any atom is 0.0822 e. The Kier molecular flexibility index (Phi) is 38.9. The van der Waals surface area contributed by atoms with E-state index in [9.17, 15) is 5.11 Å². The molecule has 0 spiro atoms. The molecule has 0 unspecified atom stereocenters. The second kappa shape index (κ2) is 39.0. The van der Waals surface area contributed by atoms with Gasteiger partial charge in [0.1, 0.15) is 0 Å². The summed E-state index contributed by atoms with van der Waals surface area (Å²) in [7, 11) is 0. The fraction of sp³-hybridized carbons (Fsp3) is 1.00. The second-order valence-corrected chi connectivity index (χ2v) is 13.4. The van der Waals surface area contributed by atoms with E-state index < -0.39 is 0 Å². The monoisotopic (exact) mass is 564 g/mol. The van der Waals surface area contributed by atoms with E-state index in [1.54, 1.807) is 0 Å². The van der Waals surface area contributed by atoms with Gasteiger partial charge in [-0.15, -0.1) is 0 Å². The van der Waals surface area contributed by atoms with Gasteiger partial charge in [-0.3, -0.25) is 0 Å². The molecule has 0 heterocycles. The molecule has 0 amide bonds. The van der Waals surface area contributed by atoms with Gasteiger partial charge in [0.05, 0.1) is 6.61 Å². The summed E-state index contributed by atoms with van der Waals surface area (Å²) in [6, 6.07) is 0. The molecule has 1 radical (unpaired) electrons. The van der Waals surface area contributed by atoms with Gasteiger partial charge in [0.25, 0.3) is 0 Å². The van der Waals surface area contributed by atoms with Crippen molar-refractivity contribution in [3.63, 3.8) is 0 Å². The Morgan fingerprint density at radius 1 is 0.200 bits per heavy atom. The standard InChI is InChI=1S/C39H79O/c1-2-3-4-5-6-7-8-9-10-11-12-13-14-15-16-17-18-19-20-21-22-23-24-25-26-27-28-29-30-31-32-33-34-35-36-37-38-39-40/h2-39H2,1H3. The van der Waals surface area contributed by atoms with E-state index in [0.717, 1.165) is 12.8 Å². The Hall–Kier alpha value is -0.0400. The van der Waals surface area contributed by atoms with Crippen LogP contribution in [-0.4, -0.2) is 6.61 Å². The topological polar surface area (TPSA) is 19.9 Å².